The normalized spacial score (nSPS) is 11.8. The third kappa shape index (κ3) is 21.1. The van der Waals surface area contributed by atoms with Crippen LogP contribution in [0.3, 0.4) is 0 Å². The maximum Gasteiger partial charge on any atom is 0.116 e. The molecule has 0 amide bonds. The first kappa shape index (κ1) is 71.7. The maximum absolute atomic E-state index is 9.60. The number of phenols is 5. The van der Waals surface area contributed by atoms with Gasteiger partial charge in [-0.1, -0.05) is 34.6 Å². The van der Waals surface area contributed by atoms with Crippen molar-refractivity contribution >= 4 is 54.5 Å². The zero-order chi connectivity index (χ0) is 65.4. The zero-order valence-electron chi connectivity index (χ0n) is 56.8. The number of aromatic amines is 5. The number of benzene rings is 5. The van der Waals surface area contributed by atoms with Crippen molar-refractivity contribution in [3.8, 4) is 28.7 Å². The van der Waals surface area contributed by atoms with Crippen molar-refractivity contribution in [2.75, 3.05) is 72.5 Å². The summed E-state index contributed by atoms with van der Waals surface area (Å²) in [5, 5.41) is 53.5. The molecule has 0 bridgehead atoms. The third-order valence-electron chi connectivity index (χ3n) is 17.5. The SMILES string of the molecule is CC(C)N(C)CCc1c[nH]c2ccc(O)cc12.CC(C)N(CCc1c[nH]c2ccc(O)cc12)C(C)C.CCCN(CCC)CCc1c[nH]c2ccc(O)cc12.CCN(CC)CCc1c[nH]c2ccc(O)cc12.CCN(CCc1c[nH]c2ccc(O)cc12)C(C)C. The van der Waals surface area contributed by atoms with Crippen LogP contribution in [0.4, 0.5) is 0 Å². The van der Waals surface area contributed by atoms with Crippen LogP contribution >= 0.6 is 0 Å². The fraction of sp³-hybridized carbons (Fsp3) is 0.467. The van der Waals surface area contributed by atoms with E-state index >= 15 is 0 Å². The van der Waals surface area contributed by atoms with Gasteiger partial charge in [0.1, 0.15) is 28.7 Å². The van der Waals surface area contributed by atoms with Crippen LogP contribution in [0.1, 0.15) is 131 Å². The molecule has 5 aromatic carbocycles. The second-order valence-electron chi connectivity index (χ2n) is 25.1. The fourth-order valence-corrected chi connectivity index (χ4v) is 11.9. The number of fused-ring (bicyclic) bond motifs is 5. The first-order chi connectivity index (χ1) is 43.2. The van der Waals surface area contributed by atoms with Crippen LogP contribution in [0.15, 0.2) is 122 Å². The molecule has 0 saturated heterocycles. The highest BCUT2D eigenvalue weighted by Gasteiger charge is 2.16. The first-order valence-corrected chi connectivity index (χ1v) is 33.3. The van der Waals surface area contributed by atoms with Gasteiger partial charge in [0.05, 0.1) is 0 Å². The van der Waals surface area contributed by atoms with Gasteiger partial charge in [-0.25, -0.2) is 0 Å². The number of likely N-dealkylation sites (N-methyl/N-ethyl adjacent to an activating group) is 3. The molecule has 10 N–H and O–H groups in total. The molecule has 0 aliphatic rings. The molecule has 10 aromatic rings. The van der Waals surface area contributed by atoms with Crippen molar-refractivity contribution in [2.24, 2.45) is 0 Å². The van der Waals surface area contributed by atoms with Crippen molar-refractivity contribution in [2.45, 2.75) is 159 Å². The van der Waals surface area contributed by atoms with Gasteiger partial charge in [0.2, 0.25) is 0 Å². The summed E-state index contributed by atoms with van der Waals surface area (Å²) < 4.78 is 0. The molecule has 0 aliphatic heterocycles. The molecule has 5 aromatic heterocycles. The van der Waals surface area contributed by atoms with E-state index in [0.29, 0.717) is 52.9 Å². The van der Waals surface area contributed by atoms with E-state index < -0.39 is 0 Å². The van der Waals surface area contributed by atoms with Crippen LogP contribution in [-0.2, 0) is 32.1 Å². The summed E-state index contributed by atoms with van der Waals surface area (Å²) in [7, 11) is 2.14. The standard InChI is InChI=1S/2C16H24N2O.C15H22N2O.2C14H20N2O/c1-11(2)18(12(3)4)8-7-13-10-17-16-6-5-14(19)9-15(13)16;1-3-8-18(9-4-2)10-7-13-12-17-16-6-5-14(19)11-15(13)16;1-4-17(11(2)3)8-7-12-10-16-15-6-5-13(18)9-14(12)15;1-10(2)16(3)7-6-11-9-15-14-5-4-12(17)8-13(11)14;1-3-16(4-2)8-7-11-10-15-14-6-5-12(17)9-13(11)14/h5-6,9-12,17,19H,7-8H2,1-4H3;5-6,11-12,17,19H,3-4,7-10H2,1-2H3;5-6,9-11,16,18H,4,7-8H2,1-3H3;4-5,8-10,15,17H,6-7H2,1-3H3;5-6,9-10,15,17H,3-4,7-8H2,1-2H3. The Balaban J connectivity index is 0.000000179. The molecular formula is C75H110N10O5. The molecule has 5 heterocycles. The quantitative estimate of drug-likeness (QED) is 0.0249. The number of rotatable bonds is 26. The van der Waals surface area contributed by atoms with E-state index in [1.807, 2.05) is 73.1 Å². The Bertz CT molecular complexity index is 3580. The van der Waals surface area contributed by atoms with Crippen LogP contribution < -0.4 is 0 Å². The predicted octanol–water partition coefficient (Wildman–Crippen LogP) is 15.7. The Morgan fingerprint density at radius 3 is 0.878 bits per heavy atom. The first-order valence-electron chi connectivity index (χ1n) is 33.3. The largest absolute Gasteiger partial charge is 0.508 e. The molecule has 0 unspecified atom stereocenters. The molecule has 0 fully saturated rings. The maximum atomic E-state index is 9.60. The summed E-state index contributed by atoms with van der Waals surface area (Å²) >= 11 is 0. The number of hydrogen-bond acceptors (Lipinski definition) is 10. The van der Waals surface area contributed by atoms with Crippen molar-refractivity contribution in [3.05, 3.63) is 150 Å². The van der Waals surface area contributed by atoms with E-state index in [1.165, 1.54) is 53.7 Å². The van der Waals surface area contributed by atoms with Gasteiger partial charge in [0.25, 0.3) is 0 Å². The van der Waals surface area contributed by atoms with E-state index in [-0.39, 0.29) is 0 Å². The minimum absolute atomic E-state index is 0.329. The van der Waals surface area contributed by atoms with E-state index in [1.54, 1.807) is 30.3 Å². The Hall–Kier alpha value is -7.40. The highest BCUT2D eigenvalue weighted by atomic mass is 16.3. The topological polar surface area (TPSA) is 196 Å². The number of H-pyrrole nitrogens is 5. The summed E-state index contributed by atoms with van der Waals surface area (Å²) in [6, 6.07) is 29.7. The number of phenolic OH excluding ortho intramolecular Hbond substituents is 5. The van der Waals surface area contributed by atoms with Gasteiger partial charge < -0.3 is 70.1 Å². The van der Waals surface area contributed by atoms with Crippen molar-refractivity contribution < 1.29 is 25.5 Å². The average molecular weight is 1230 g/mol. The van der Waals surface area contributed by atoms with E-state index in [9.17, 15) is 25.5 Å². The van der Waals surface area contributed by atoms with Crippen LogP contribution in [0, 0.1) is 0 Å². The Labute approximate surface area is 537 Å². The number of aromatic hydroxyl groups is 5. The van der Waals surface area contributed by atoms with E-state index in [2.05, 4.69) is 165 Å². The lowest BCUT2D eigenvalue weighted by molar-refractivity contribution is 0.177. The summed E-state index contributed by atoms with van der Waals surface area (Å²) in [5.41, 5.74) is 11.9. The summed E-state index contributed by atoms with van der Waals surface area (Å²) in [6.45, 7) is 39.7. The molecule has 90 heavy (non-hydrogen) atoms. The van der Waals surface area contributed by atoms with Crippen molar-refractivity contribution in [1.82, 2.24) is 49.4 Å². The van der Waals surface area contributed by atoms with Gasteiger partial charge in [0.15, 0.2) is 0 Å². The average Bonchev–Trinajstić information content (AvgIpc) is 2.65. The third-order valence-corrected chi connectivity index (χ3v) is 17.5. The minimum Gasteiger partial charge on any atom is -0.508 e. The molecule has 0 aliphatic carbocycles. The highest BCUT2D eigenvalue weighted by Crippen LogP contribution is 2.28. The molecule has 10 rings (SSSR count). The lowest BCUT2D eigenvalue weighted by Crippen LogP contribution is -2.38. The summed E-state index contributed by atoms with van der Waals surface area (Å²) in [6.07, 6.45) is 17.7. The second kappa shape index (κ2) is 35.9. The van der Waals surface area contributed by atoms with Crippen LogP contribution in [0.2, 0.25) is 0 Å². The van der Waals surface area contributed by atoms with Gasteiger partial charge in [-0.05, 0) is 259 Å². The number of nitrogens with one attached hydrogen (secondary N) is 5. The molecule has 0 radical (unpaired) electrons. The zero-order valence-corrected chi connectivity index (χ0v) is 56.8. The Morgan fingerprint density at radius 1 is 0.322 bits per heavy atom. The molecule has 490 valence electrons. The van der Waals surface area contributed by atoms with Crippen LogP contribution in [-0.4, -0.2) is 172 Å². The molecule has 0 saturated carbocycles. The number of aromatic nitrogens is 5. The predicted molar refractivity (Wildman–Crippen MR) is 380 cm³/mol. The van der Waals surface area contributed by atoms with Gasteiger partial charge in [0, 0.05) is 142 Å². The molecule has 15 nitrogen and oxygen atoms in total. The lowest BCUT2D eigenvalue weighted by Gasteiger charge is -2.30. The smallest absolute Gasteiger partial charge is 0.116 e. The molecule has 15 heteroatoms. The van der Waals surface area contributed by atoms with E-state index in [4.69, 9.17) is 0 Å². The second-order valence-corrected chi connectivity index (χ2v) is 25.1. The molecule has 0 atom stereocenters. The Kier molecular flexibility index (Phi) is 28.5. The lowest BCUT2D eigenvalue weighted by atomic mass is 10.1. The highest BCUT2D eigenvalue weighted by molar-refractivity contribution is 5.87. The monoisotopic (exact) mass is 1230 g/mol. The van der Waals surface area contributed by atoms with Gasteiger partial charge in [-0.2, -0.15) is 0 Å². The molecular weight excluding hydrogens is 1120 g/mol. The van der Waals surface area contributed by atoms with Crippen LogP contribution in [0.5, 0.6) is 28.7 Å². The minimum atomic E-state index is 0.329. The summed E-state index contributed by atoms with van der Waals surface area (Å²) in [5.74, 6) is 1.67. The summed E-state index contributed by atoms with van der Waals surface area (Å²) in [4.78, 5) is 28.5. The number of nitrogens with zero attached hydrogens (tertiary/aromatic N) is 5. The molecule has 0 spiro atoms. The van der Waals surface area contributed by atoms with E-state index in [0.717, 1.165) is 139 Å². The van der Waals surface area contributed by atoms with Gasteiger partial charge in [-0.3, -0.25) is 4.90 Å². The van der Waals surface area contributed by atoms with Crippen molar-refractivity contribution in [3.63, 3.8) is 0 Å². The number of hydrogen-bond donors (Lipinski definition) is 10. The van der Waals surface area contributed by atoms with Crippen LogP contribution in [0.25, 0.3) is 54.5 Å². The van der Waals surface area contributed by atoms with Crippen molar-refractivity contribution in [1.29, 1.82) is 0 Å². The fourth-order valence-electron chi connectivity index (χ4n) is 11.9. The van der Waals surface area contributed by atoms with Gasteiger partial charge >= 0.3 is 0 Å². The Morgan fingerprint density at radius 2 is 0.611 bits per heavy atom. The van der Waals surface area contributed by atoms with Gasteiger partial charge in [-0.15, -0.1) is 0 Å².